The monoisotopic (exact) mass is 493 g/mol. The van der Waals surface area contributed by atoms with E-state index in [0.29, 0.717) is 19.0 Å². The second-order valence-corrected chi connectivity index (χ2v) is 8.56. The molecule has 0 saturated heterocycles. The van der Waals surface area contributed by atoms with E-state index >= 15 is 0 Å². The second-order valence-electron chi connectivity index (χ2n) is 8.56. The van der Waals surface area contributed by atoms with Gasteiger partial charge in [-0.2, -0.15) is 13.2 Å². The lowest BCUT2D eigenvalue weighted by Gasteiger charge is -2.21. The van der Waals surface area contributed by atoms with Crippen LogP contribution in [0.15, 0.2) is 95.6 Å². The zero-order valence-corrected chi connectivity index (χ0v) is 19.7. The Kier molecular flexibility index (Phi) is 7.85. The Morgan fingerprint density at radius 1 is 0.889 bits per heavy atom. The maximum atomic E-state index is 12.9. The first kappa shape index (κ1) is 25.2. The summed E-state index contributed by atoms with van der Waals surface area (Å²) in [5, 5.41) is 2.91. The molecule has 3 aromatic carbocycles. The molecular formula is C28H26F3N3O2. The van der Waals surface area contributed by atoms with Crippen molar-refractivity contribution in [3.63, 3.8) is 0 Å². The molecule has 5 nitrogen and oxygen atoms in total. The van der Waals surface area contributed by atoms with Crippen LogP contribution in [0.4, 0.5) is 13.2 Å². The number of oxazole rings is 1. The van der Waals surface area contributed by atoms with Crippen LogP contribution in [0.2, 0.25) is 0 Å². The summed E-state index contributed by atoms with van der Waals surface area (Å²) in [7, 11) is 0. The Morgan fingerprint density at radius 3 is 2.08 bits per heavy atom. The van der Waals surface area contributed by atoms with E-state index in [2.05, 4.69) is 10.3 Å². The predicted molar refractivity (Wildman–Crippen MR) is 130 cm³/mol. The highest BCUT2D eigenvalue weighted by Gasteiger charge is 2.30. The maximum Gasteiger partial charge on any atom is 0.416 e. The predicted octanol–water partition coefficient (Wildman–Crippen LogP) is 6.39. The van der Waals surface area contributed by atoms with Crippen molar-refractivity contribution < 1.29 is 22.4 Å². The highest BCUT2D eigenvalue weighted by Crippen LogP contribution is 2.29. The molecule has 0 aliphatic heterocycles. The molecule has 0 aliphatic rings. The molecule has 0 bridgehead atoms. The van der Waals surface area contributed by atoms with Crippen LogP contribution >= 0.6 is 0 Å². The Balaban J connectivity index is 1.46. The van der Waals surface area contributed by atoms with Crippen molar-refractivity contribution in [2.45, 2.75) is 38.8 Å². The van der Waals surface area contributed by atoms with Gasteiger partial charge in [-0.1, -0.05) is 72.8 Å². The molecule has 1 aromatic heterocycles. The fraction of sp³-hybridized carbons (Fsp3) is 0.214. The third-order valence-electron chi connectivity index (χ3n) is 5.73. The van der Waals surface area contributed by atoms with Gasteiger partial charge >= 0.3 is 6.18 Å². The molecule has 186 valence electrons. The highest BCUT2D eigenvalue weighted by molar-refractivity contribution is 5.92. The number of hydrogen-bond donors (Lipinski definition) is 1. The van der Waals surface area contributed by atoms with E-state index in [9.17, 15) is 18.0 Å². The Hall–Kier alpha value is -3.91. The zero-order chi connectivity index (χ0) is 25.5. The van der Waals surface area contributed by atoms with Crippen molar-refractivity contribution in [1.29, 1.82) is 0 Å². The van der Waals surface area contributed by atoms with Gasteiger partial charge in [0.05, 0.1) is 18.2 Å². The Bertz CT molecular complexity index is 1260. The molecule has 0 fully saturated rings. The lowest BCUT2D eigenvalue weighted by atomic mass is 10.1. The van der Waals surface area contributed by atoms with Gasteiger partial charge in [0.15, 0.2) is 5.69 Å². The summed E-state index contributed by atoms with van der Waals surface area (Å²) in [6.45, 7) is 3.07. The minimum atomic E-state index is -4.38. The molecule has 1 amide bonds. The first-order chi connectivity index (χ1) is 17.3. The van der Waals surface area contributed by atoms with E-state index in [4.69, 9.17) is 4.42 Å². The molecule has 0 radical (unpaired) electrons. The molecule has 1 N–H and O–H groups in total. The lowest BCUT2D eigenvalue weighted by Crippen LogP contribution is -2.27. The highest BCUT2D eigenvalue weighted by atomic mass is 19.4. The van der Waals surface area contributed by atoms with Crippen molar-refractivity contribution >= 4 is 5.91 Å². The smallest absolute Gasteiger partial charge is 0.416 e. The molecule has 0 aliphatic carbocycles. The second kappa shape index (κ2) is 11.2. The van der Waals surface area contributed by atoms with Crippen LogP contribution < -0.4 is 5.32 Å². The molecule has 1 atom stereocenters. The molecule has 0 saturated carbocycles. The van der Waals surface area contributed by atoms with E-state index in [-0.39, 0.29) is 24.2 Å². The van der Waals surface area contributed by atoms with Gasteiger partial charge in [0.1, 0.15) is 6.26 Å². The average Bonchev–Trinajstić information content (AvgIpc) is 3.33. The fourth-order valence-corrected chi connectivity index (χ4v) is 3.84. The van der Waals surface area contributed by atoms with Gasteiger partial charge in [-0.05, 0) is 35.7 Å². The maximum absolute atomic E-state index is 12.9. The number of carbonyl (C=O) groups is 1. The molecule has 4 aromatic rings. The molecular weight excluding hydrogens is 467 g/mol. The number of rotatable bonds is 9. The number of halogens is 3. The van der Waals surface area contributed by atoms with Crippen molar-refractivity contribution in [2.24, 2.45) is 0 Å². The normalized spacial score (nSPS) is 12.5. The summed E-state index contributed by atoms with van der Waals surface area (Å²) in [6.07, 6.45) is -3.06. The number of amides is 1. The zero-order valence-electron chi connectivity index (χ0n) is 19.7. The van der Waals surface area contributed by atoms with Crippen molar-refractivity contribution in [3.8, 4) is 0 Å². The van der Waals surface area contributed by atoms with Crippen molar-refractivity contribution in [3.05, 3.63) is 125 Å². The molecule has 36 heavy (non-hydrogen) atoms. The SMILES string of the molecule is C[C@H](NC(=O)c1coc(CN(Cc2ccccc2)Cc2ccc(C(F)(F)F)cc2)n1)c1ccccc1. The Morgan fingerprint density at radius 2 is 1.47 bits per heavy atom. The number of aromatic nitrogens is 1. The number of alkyl halides is 3. The first-order valence-electron chi connectivity index (χ1n) is 11.5. The number of benzene rings is 3. The molecule has 4 rings (SSSR count). The average molecular weight is 494 g/mol. The van der Waals surface area contributed by atoms with Gasteiger partial charge in [-0.25, -0.2) is 4.98 Å². The fourth-order valence-electron chi connectivity index (χ4n) is 3.84. The van der Waals surface area contributed by atoms with Crippen molar-refractivity contribution in [2.75, 3.05) is 0 Å². The molecule has 1 heterocycles. The lowest BCUT2D eigenvalue weighted by molar-refractivity contribution is -0.137. The van der Waals surface area contributed by atoms with E-state index in [0.717, 1.165) is 28.8 Å². The van der Waals surface area contributed by atoms with E-state index < -0.39 is 11.7 Å². The first-order valence-corrected chi connectivity index (χ1v) is 11.5. The summed E-state index contributed by atoms with van der Waals surface area (Å²) >= 11 is 0. The summed E-state index contributed by atoms with van der Waals surface area (Å²) < 4.78 is 44.4. The third-order valence-corrected chi connectivity index (χ3v) is 5.73. The summed E-state index contributed by atoms with van der Waals surface area (Å²) in [6, 6.07) is 24.2. The quantitative estimate of drug-likeness (QED) is 0.294. The number of carbonyl (C=O) groups excluding carboxylic acids is 1. The Labute approximate surface area is 207 Å². The van der Waals surface area contributed by atoms with Crippen LogP contribution in [0, 0.1) is 0 Å². The van der Waals surface area contributed by atoms with Crippen LogP contribution in [0.5, 0.6) is 0 Å². The standard InChI is InChI=1S/C28H26F3N3O2/c1-20(23-10-6-3-7-11-23)32-27(35)25-19-36-26(33-25)18-34(16-21-8-4-2-5-9-21)17-22-12-14-24(15-13-22)28(29,30)31/h2-15,19-20H,16-18H2,1H3,(H,32,35)/t20-/m0/s1. The third kappa shape index (κ3) is 6.82. The van der Waals surface area contributed by atoms with Crippen LogP contribution in [-0.2, 0) is 25.8 Å². The topological polar surface area (TPSA) is 58.4 Å². The molecule has 0 unspecified atom stereocenters. The van der Waals surface area contributed by atoms with Crippen LogP contribution in [-0.4, -0.2) is 15.8 Å². The van der Waals surface area contributed by atoms with Crippen LogP contribution in [0.1, 0.15) is 51.6 Å². The van der Waals surface area contributed by atoms with Gasteiger partial charge in [-0.15, -0.1) is 0 Å². The van der Waals surface area contributed by atoms with Crippen LogP contribution in [0.3, 0.4) is 0 Å². The summed E-state index contributed by atoms with van der Waals surface area (Å²) in [5.41, 5.74) is 2.21. The molecule has 0 spiro atoms. The molecule has 8 heteroatoms. The van der Waals surface area contributed by atoms with Gasteiger partial charge in [0.25, 0.3) is 5.91 Å². The van der Waals surface area contributed by atoms with Gasteiger partial charge in [0.2, 0.25) is 5.89 Å². The summed E-state index contributed by atoms with van der Waals surface area (Å²) in [5.74, 6) is -0.00550. The van der Waals surface area contributed by atoms with Gasteiger partial charge in [-0.3, -0.25) is 9.69 Å². The van der Waals surface area contributed by atoms with Gasteiger partial charge in [0, 0.05) is 13.1 Å². The number of hydrogen-bond acceptors (Lipinski definition) is 4. The minimum absolute atomic E-state index is 0.168. The largest absolute Gasteiger partial charge is 0.447 e. The number of nitrogens with one attached hydrogen (secondary N) is 1. The minimum Gasteiger partial charge on any atom is -0.447 e. The number of nitrogens with zero attached hydrogens (tertiary/aromatic N) is 2. The van der Waals surface area contributed by atoms with E-state index in [1.165, 1.54) is 18.4 Å². The summed E-state index contributed by atoms with van der Waals surface area (Å²) in [4.78, 5) is 19.0. The van der Waals surface area contributed by atoms with Gasteiger partial charge < -0.3 is 9.73 Å². The van der Waals surface area contributed by atoms with Crippen molar-refractivity contribution in [1.82, 2.24) is 15.2 Å². The van der Waals surface area contributed by atoms with E-state index in [1.807, 2.05) is 72.5 Å². The van der Waals surface area contributed by atoms with Crippen LogP contribution in [0.25, 0.3) is 0 Å². The van der Waals surface area contributed by atoms with E-state index in [1.54, 1.807) is 0 Å².